The van der Waals surface area contributed by atoms with Gasteiger partial charge in [0, 0.05) is 17.6 Å². The Hall–Kier alpha value is -1.13. The normalized spacial score (nSPS) is 14.0. The molecule has 1 unspecified atom stereocenters. The van der Waals surface area contributed by atoms with Crippen molar-refractivity contribution in [3.8, 4) is 0 Å². The number of furan rings is 1. The Kier molecular flexibility index (Phi) is 8.00. The summed E-state index contributed by atoms with van der Waals surface area (Å²) in [4.78, 5) is 9.82. The maximum absolute atomic E-state index is 10.4. The molecular weight excluding hydrogens is 427 g/mol. The van der Waals surface area contributed by atoms with E-state index in [-0.39, 0.29) is 24.0 Å². The zero-order valence-corrected chi connectivity index (χ0v) is 16.6. The summed E-state index contributed by atoms with van der Waals surface area (Å²) >= 11 is 1.63. The molecule has 0 bridgehead atoms. The first kappa shape index (κ1) is 19.9. The third kappa shape index (κ3) is 6.11. The fraction of sp³-hybridized carbons (Fsp3) is 0.467. The second kappa shape index (κ2) is 9.24. The van der Waals surface area contributed by atoms with E-state index in [4.69, 9.17) is 4.42 Å². The molecule has 2 aromatic heterocycles. The van der Waals surface area contributed by atoms with Gasteiger partial charge in [-0.05, 0) is 32.9 Å². The molecule has 3 N–H and O–H groups in total. The molecule has 0 saturated heterocycles. The lowest BCUT2D eigenvalue weighted by Crippen LogP contribution is -2.44. The number of hydrogen-bond donors (Lipinski definition) is 3. The molecule has 0 saturated carbocycles. The molecule has 2 aromatic rings. The predicted molar refractivity (Wildman–Crippen MR) is 103 cm³/mol. The van der Waals surface area contributed by atoms with E-state index in [1.54, 1.807) is 36.7 Å². The van der Waals surface area contributed by atoms with Gasteiger partial charge in [-0.15, -0.1) is 35.3 Å². The molecule has 6 nitrogen and oxygen atoms in total. The van der Waals surface area contributed by atoms with E-state index in [1.165, 1.54) is 0 Å². The highest BCUT2D eigenvalue weighted by molar-refractivity contribution is 14.0. The van der Waals surface area contributed by atoms with Gasteiger partial charge >= 0.3 is 0 Å². The number of aliphatic imine (C=N–C) groups is 1. The molecule has 2 rings (SSSR count). The fourth-order valence-electron chi connectivity index (χ4n) is 1.91. The van der Waals surface area contributed by atoms with Crippen LogP contribution in [0.2, 0.25) is 0 Å². The van der Waals surface area contributed by atoms with Crippen molar-refractivity contribution in [1.29, 1.82) is 0 Å². The Morgan fingerprint density at radius 2 is 2.26 bits per heavy atom. The molecule has 0 aliphatic rings. The van der Waals surface area contributed by atoms with Crippen LogP contribution in [0, 0.1) is 6.92 Å². The standard InChI is InChI=1S/C15H22N4O2S.HI/c1-4-16-14(18-9-12-8-17-11(2)22-12)19-10-15(3,20)13-6-5-7-21-13;/h5-8,20H,4,9-10H2,1-3H3,(H2,16,18,19);1H. The van der Waals surface area contributed by atoms with Crippen LogP contribution in [-0.4, -0.2) is 29.1 Å². The molecule has 1 atom stereocenters. The molecule has 0 amide bonds. The van der Waals surface area contributed by atoms with Crippen molar-refractivity contribution in [3.63, 3.8) is 0 Å². The third-order valence-corrected chi connectivity index (χ3v) is 3.96. The summed E-state index contributed by atoms with van der Waals surface area (Å²) in [5, 5.41) is 17.8. The SMILES string of the molecule is CCNC(=NCc1cnc(C)s1)NCC(C)(O)c1ccco1.I. The lowest BCUT2D eigenvalue weighted by molar-refractivity contribution is 0.0386. The fourth-order valence-corrected chi connectivity index (χ4v) is 2.62. The lowest BCUT2D eigenvalue weighted by Gasteiger charge is -2.22. The molecule has 0 aliphatic heterocycles. The first-order valence-electron chi connectivity index (χ1n) is 7.21. The second-order valence-corrected chi connectivity index (χ2v) is 6.46. The maximum atomic E-state index is 10.4. The molecule has 0 aromatic carbocycles. The zero-order chi connectivity index (χ0) is 16.0. The van der Waals surface area contributed by atoms with Gasteiger partial charge in [0.2, 0.25) is 0 Å². The number of hydrogen-bond acceptors (Lipinski definition) is 5. The van der Waals surface area contributed by atoms with Crippen molar-refractivity contribution in [3.05, 3.63) is 40.2 Å². The van der Waals surface area contributed by atoms with Gasteiger partial charge in [-0.2, -0.15) is 0 Å². The van der Waals surface area contributed by atoms with Crippen molar-refractivity contribution in [2.45, 2.75) is 32.9 Å². The van der Waals surface area contributed by atoms with E-state index < -0.39 is 5.60 Å². The number of aliphatic hydroxyl groups is 1. The summed E-state index contributed by atoms with van der Waals surface area (Å²) < 4.78 is 5.27. The van der Waals surface area contributed by atoms with Gasteiger partial charge in [-0.1, -0.05) is 0 Å². The number of thiazole rings is 1. The van der Waals surface area contributed by atoms with Gasteiger partial charge in [0.15, 0.2) is 5.96 Å². The summed E-state index contributed by atoms with van der Waals surface area (Å²) in [5.74, 6) is 1.18. The van der Waals surface area contributed by atoms with Gasteiger partial charge in [0.05, 0.1) is 24.4 Å². The summed E-state index contributed by atoms with van der Waals surface area (Å²) in [6, 6.07) is 3.51. The topological polar surface area (TPSA) is 82.7 Å². The molecule has 128 valence electrons. The lowest BCUT2D eigenvalue weighted by atomic mass is 10.0. The van der Waals surface area contributed by atoms with Crippen molar-refractivity contribution in [2.24, 2.45) is 4.99 Å². The van der Waals surface area contributed by atoms with Crippen molar-refractivity contribution < 1.29 is 9.52 Å². The number of guanidine groups is 1. The zero-order valence-electron chi connectivity index (χ0n) is 13.5. The largest absolute Gasteiger partial charge is 0.466 e. The highest BCUT2D eigenvalue weighted by atomic mass is 127. The minimum absolute atomic E-state index is 0. The van der Waals surface area contributed by atoms with Crippen LogP contribution in [0.25, 0.3) is 0 Å². The van der Waals surface area contributed by atoms with E-state index in [0.717, 1.165) is 16.4 Å². The van der Waals surface area contributed by atoms with Gasteiger partial charge in [-0.25, -0.2) is 9.98 Å². The summed E-state index contributed by atoms with van der Waals surface area (Å²) in [7, 11) is 0. The first-order chi connectivity index (χ1) is 10.5. The predicted octanol–water partition coefficient (Wildman–Crippen LogP) is 2.63. The molecule has 0 radical (unpaired) electrons. The maximum Gasteiger partial charge on any atom is 0.191 e. The van der Waals surface area contributed by atoms with E-state index in [9.17, 15) is 5.11 Å². The van der Waals surface area contributed by atoms with Crippen LogP contribution in [0.3, 0.4) is 0 Å². The molecule has 8 heteroatoms. The van der Waals surface area contributed by atoms with Crippen LogP contribution >= 0.6 is 35.3 Å². The Labute approximate surface area is 157 Å². The van der Waals surface area contributed by atoms with Crippen LogP contribution in [0.4, 0.5) is 0 Å². The molecule has 2 heterocycles. The molecular formula is C15H23IN4O2S. The minimum atomic E-state index is -1.10. The van der Waals surface area contributed by atoms with Gasteiger partial charge < -0.3 is 20.2 Å². The van der Waals surface area contributed by atoms with Crippen LogP contribution in [-0.2, 0) is 12.1 Å². The number of nitrogens with one attached hydrogen (secondary N) is 2. The van der Waals surface area contributed by atoms with Gasteiger partial charge in [0.1, 0.15) is 11.4 Å². The van der Waals surface area contributed by atoms with Gasteiger partial charge in [0.25, 0.3) is 0 Å². The average Bonchev–Trinajstić information content (AvgIpc) is 3.13. The van der Waals surface area contributed by atoms with E-state index in [1.807, 2.05) is 20.0 Å². The number of aryl methyl sites for hydroxylation is 1. The summed E-state index contributed by atoms with van der Waals surface area (Å²) in [5.41, 5.74) is -1.10. The highest BCUT2D eigenvalue weighted by Gasteiger charge is 2.26. The van der Waals surface area contributed by atoms with Crippen LogP contribution in [0.5, 0.6) is 0 Å². The molecule has 23 heavy (non-hydrogen) atoms. The van der Waals surface area contributed by atoms with Crippen LogP contribution in [0.1, 0.15) is 29.5 Å². The number of nitrogens with zero attached hydrogens (tertiary/aromatic N) is 2. The smallest absolute Gasteiger partial charge is 0.191 e. The number of aromatic nitrogens is 1. The van der Waals surface area contributed by atoms with Crippen molar-refractivity contribution >= 4 is 41.3 Å². The Morgan fingerprint density at radius 3 is 2.83 bits per heavy atom. The average molecular weight is 450 g/mol. The molecule has 0 spiro atoms. The van der Waals surface area contributed by atoms with Crippen LogP contribution in [0.15, 0.2) is 34.0 Å². The van der Waals surface area contributed by atoms with Crippen molar-refractivity contribution in [2.75, 3.05) is 13.1 Å². The highest BCUT2D eigenvalue weighted by Crippen LogP contribution is 2.19. The molecule has 0 fully saturated rings. The third-order valence-electron chi connectivity index (χ3n) is 3.06. The number of rotatable bonds is 6. The van der Waals surface area contributed by atoms with Gasteiger partial charge in [-0.3, -0.25) is 0 Å². The Morgan fingerprint density at radius 1 is 1.48 bits per heavy atom. The second-order valence-electron chi connectivity index (χ2n) is 5.15. The Balaban J connectivity index is 0.00000264. The molecule has 0 aliphatic carbocycles. The quantitative estimate of drug-likeness (QED) is 0.358. The number of halogens is 1. The minimum Gasteiger partial charge on any atom is -0.466 e. The summed E-state index contributed by atoms with van der Waals surface area (Å²) in [6.07, 6.45) is 3.39. The monoisotopic (exact) mass is 450 g/mol. The Bertz CT molecular complexity index is 611. The van der Waals surface area contributed by atoms with E-state index in [2.05, 4.69) is 20.6 Å². The van der Waals surface area contributed by atoms with E-state index in [0.29, 0.717) is 24.8 Å². The van der Waals surface area contributed by atoms with Crippen LogP contribution < -0.4 is 10.6 Å². The first-order valence-corrected chi connectivity index (χ1v) is 8.03. The van der Waals surface area contributed by atoms with Crippen molar-refractivity contribution in [1.82, 2.24) is 15.6 Å². The van der Waals surface area contributed by atoms with E-state index >= 15 is 0 Å². The summed E-state index contributed by atoms with van der Waals surface area (Å²) in [6.45, 7) is 7.28.